The summed E-state index contributed by atoms with van der Waals surface area (Å²) in [7, 11) is 0. The number of furan rings is 1. The molecule has 0 radical (unpaired) electrons. The molecule has 162 valence electrons. The highest BCUT2D eigenvalue weighted by Crippen LogP contribution is 2.35. The average Bonchev–Trinajstić information content (AvgIpc) is 3.53. The van der Waals surface area contributed by atoms with Crippen molar-refractivity contribution in [3.05, 3.63) is 65.6 Å². The lowest BCUT2D eigenvalue weighted by atomic mass is 9.98. The summed E-state index contributed by atoms with van der Waals surface area (Å²) >= 11 is 1.54. The van der Waals surface area contributed by atoms with Gasteiger partial charge in [-0.3, -0.25) is 0 Å². The number of rotatable bonds is 5. The summed E-state index contributed by atoms with van der Waals surface area (Å²) in [5.41, 5.74) is 1.79. The van der Waals surface area contributed by atoms with E-state index in [1.807, 2.05) is 42.6 Å². The third-order valence-electron chi connectivity index (χ3n) is 5.62. The molecule has 3 aromatic heterocycles. The molecular formula is C22H22N2O6S. The van der Waals surface area contributed by atoms with Gasteiger partial charge in [0.15, 0.2) is 6.23 Å². The summed E-state index contributed by atoms with van der Waals surface area (Å²) in [6.45, 7) is -0.470. The molecule has 0 aliphatic carbocycles. The van der Waals surface area contributed by atoms with Crippen LogP contribution in [0.25, 0.3) is 21.5 Å². The van der Waals surface area contributed by atoms with Crippen molar-refractivity contribution in [2.75, 3.05) is 6.61 Å². The van der Waals surface area contributed by atoms with Gasteiger partial charge in [0.1, 0.15) is 30.2 Å². The minimum absolute atomic E-state index is 0.470. The number of benzene rings is 1. The Hall–Kier alpha value is -2.53. The topological polar surface area (TPSA) is 121 Å². The van der Waals surface area contributed by atoms with E-state index in [0.717, 1.165) is 32.1 Å². The SMILES string of the molecule is OCC1OC(n2cc(Cc3ncc(-c4ccco4)s3)c3ccccc32)C(O)C(O)C1O. The second-order valence-electron chi connectivity index (χ2n) is 7.57. The Morgan fingerprint density at radius 1 is 1.03 bits per heavy atom. The zero-order chi connectivity index (χ0) is 21.5. The first-order chi connectivity index (χ1) is 15.1. The van der Waals surface area contributed by atoms with Crippen LogP contribution in [0.3, 0.4) is 0 Å². The number of thiazole rings is 1. The number of aromatic nitrogens is 2. The molecule has 5 rings (SSSR count). The van der Waals surface area contributed by atoms with Crippen molar-refractivity contribution in [1.29, 1.82) is 0 Å². The van der Waals surface area contributed by atoms with Crippen LogP contribution in [0.15, 0.2) is 59.5 Å². The molecule has 0 amide bonds. The lowest BCUT2D eigenvalue weighted by Crippen LogP contribution is -2.56. The number of fused-ring (bicyclic) bond motifs is 1. The monoisotopic (exact) mass is 442 g/mol. The van der Waals surface area contributed by atoms with E-state index in [2.05, 4.69) is 4.98 Å². The molecule has 5 atom stereocenters. The van der Waals surface area contributed by atoms with Gasteiger partial charge in [0.25, 0.3) is 0 Å². The Balaban J connectivity index is 1.50. The number of aliphatic hydroxyl groups is 4. The smallest absolute Gasteiger partial charge is 0.163 e. The highest BCUT2D eigenvalue weighted by Gasteiger charge is 2.44. The van der Waals surface area contributed by atoms with Gasteiger partial charge in [0, 0.05) is 24.2 Å². The molecule has 9 heteroatoms. The Morgan fingerprint density at radius 3 is 2.65 bits per heavy atom. The Bertz CT molecular complexity index is 1170. The zero-order valence-electron chi connectivity index (χ0n) is 16.4. The van der Waals surface area contributed by atoms with Gasteiger partial charge in [-0.05, 0) is 23.8 Å². The molecule has 4 N–H and O–H groups in total. The number of aliphatic hydroxyl groups excluding tert-OH is 4. The lowest BCUT2D eigenvalue weighted by molar-refractivity contribution is -0.250. The predicted molar refractivity (Wildman–Crippen MR) is 114 cm³/mol. The van der Waals surface area contributed by atoms with Gasteiger partial charge in [0.05, 0.1) is 28.3 Å². The molecule has 1 aromatic carbocycles. The van der Waals surface area contributed by atoms with E-state index in [4.69, 9.17) is 9.15 Å². The van der Waals surface area contributed by atoms with Crippen LogP contribution in [0.5, 0.6) is 0 Å². The van der Waals surface area contributed by atoms with Crippen LogP contribution < -0.4 is 0 Å². The van der Waals surface area contributed by atoms with Crippen molar-refractivity contribution >= 4 is 22.2 Å². The fourth-order valence-corrected chi connectivity index (χ4v) is 4.94. The fourth-order valence-electron chi connectivity index (χ4n) is 4.03. The Labute approximate surface area is 181 Å². The summed E-state index contributed by atoms with van der Waals surface area (Å²) in [4.78, 5) is 5.46. The van der Waals surface area contributed by atoms with Crippen LogP contribution in [0, 0.1) is 0 Å². The maximum absolute atomic E-state index is 10.6. The van der Waals surface area contributed by atoms with Crippen LogP contribution in [0.1, 0.15) is 16.8 Å². The molecule has 8 nitrogen and oxygen atoms in total. The largest absolute Gasteiger partial charge is 0.463 e. The van der Waals surface area contributed by atoms with E-state index in [-0.39, 0.29) is 0 Å². The number of hydrogen-bond acceptors (Lipinski definition) is 8. The van der Waals surface area contributed by atoms with Gasteiger partial charge in [-0.2, -0.15) is 0 Å². The Kier molecular flexibility index (Phi) is 5.39. The maximum atomic E-state index is 10.6. The molecule has 1 fully saturated rings. The lowest BCUT2D eigenvalue weighted by Gasteiger charge is -2.40. The molecule has 1 aliphatic heterocycles. The standard InChI is InChI=1S/C22H22N2O6S/c25-11-16-19(26)20(27)21(28)22(30-16)24-10-12(13-4-1-2-5-14(13)24)8-18-23-9-17(31-18)15-6-3-7-29-15/h1-7,9-10,16,19-22,25-28H,8,11H2. The number of ether oxygens (including phenoxy) is 1. The van der Waals surface area contributed by atoms with Crippen molar-refractivity contribution in [2.45, 2.75) is 37.1 Å². The second kappa shape index (κ2) is 8.19. The van der Waals surface area contributed by atoms with E-state index in [1.165, 1.54) is 0 Å². The third-order valence-corrected chi connectivity index (χ3v) is 6.64. The van der Waals surface area contributed by atoms with Crippen molar-refractivity contribution in [3.8, 4) is 10.6 Å². The van der Waals surface area contributed by atoms with Gasteiger partial charge in [0.2, 0.25) is 0 Å². The average molecular weight is 442 g/mol. The molecular weight excluding hydrogens is 420 g/mol. The van der Waals surface area contributed by atoms with Crippen LogP contribution in [0.2, 0.25) is 0 Å². The summed E-state index contributed by atoms with van der Waals surface area (Å²) in [6.07, 6.45) is -0.262. The summed E-state index contributed by atoms with van der Waals surface area (Å²) in [6, 6.07) is 11.4. The van der Waals surface area contributed by atoms with E-state index in [0.29, 0.717) is 6.42 Å². The van der Waals surface area contributed by atoms with E-state index in [9.17, 15) is 20.4 Å². The number of nitrogens with zero attached hydrogens (tertiary/aromatic N) is 2. The summed E-state index contributed by atoms with van der Waals surface area (Å²) in [5, 5.41) is 42.3. The van der Waals surface area contributed by atoms with Crippen LogP contribution in [-0.2, 0) is 11.2 Å². The second-order valence-corrected chi connectivity index (χ2v) is 8.69. The zero-order valence-corrected chi connectivity index (χ0v) is 17.2. The minimum Gasteiger partial charge on any atom is -0.463 e. The van der Waals surface area contributed by atoms with Gasteiger partial charge >= 0.3 is 0 Å². The molecule has 0 bridgehead atoms. The fraction of sp³-hybridized carbons (Fsp3) is 0.318. The maximum Gasteiger partial charge on any atom is 0.163 e. The van der Waals surface area contributed by atoms with Crippen molar-refractivity contribution in [1.82, 2.24) is 9.55 Å². The summed E-state index contributed by atoms with van der Waals surface area (Å²) in [5.74, 6) is 0.771. The molecule has 0 spiro atoms. The third kappa shape index (κ3) is 3.59. The molecule has 31 heavy (non-hydrogen) atoms. The minimum atomic E-state index is -1.43. The Morgan fingerprint density at radius 2 is 1.87 bits per heavy atom. The molecule has 0 saturated carbocycles. The van der Waals surface area contributed by atoms with Crippen molar-refractivity contribution < 1.29 is 29.6 Å². The van der Waals surface area contributed by atoms with Gasteiger partial charge in [-0.15, -0.1) is 11.3 Å². The first-order valence-electron chi connectivity index (χ1n) is 9.94. The quantitative estimate of drug-likeness (QED) is 0.373. The highest BCUT2D eigenvalue weighted by atomic mass is 32.1. The van der Waals surface area contributed by atoms with Gasteiger partial charge < -0.3 is 34.1 Å². The van der Waals surface area contributed by atoms with E-state index >= 15 is 0 Å². The summed E-state index contributed by atoms with van der Waals surface area (Å²) < 4.78 is 13.0. The van der Waals surface area contributed by atoms with Crippen molar-refractivity contribution in [2.24, 2.45) is 0 Å². The van der Waals surface area contributed by atoms with Crippen molar-refractivity contribution in [3.63, 3.8) is 0 Å². The number of hydrogen-bond donors (Lipinski definition) is 4. The number of para-hydroxylation sites is 1. The van der Waals surface area contributed by atoms with Crippen LogP contribution in [-0.4, -0.2) is 61.0 Å². The van der Waals surface area contributed by atoms with Crippen LogP contribution >= 0.6 is 11.3 Å². The first-order valence-corrected chi connectivity index (χ1v) is 10.8. The molecule has 1 saturated heterocycles. The van der Waals surface area contributed by atoms with E-state index in [1.54, 1.807) is 28.4 Å². The normalized spacial score (nSPS) is 26.5. The molecule has 5 unspecified atom stereocenters. The van der Waals surface area contributed by atoms with Crippen LogP contribution in [0.4, 0.5) is 0 Å². The van der Waals surface area contributed by atoms with Gasteiger partial charge in [-0.25, -0.2) is 4.98 Å². The predicted octanol–water partition coefficient (Wildman–Crippen LogP) is 1.92. The van der Waals surface area contributed by atoms with E-state index < -0.39 is 37.3 Å². The first kappa shape index (κ1) is 20.4. The molecule has 4 heterocycles. The molecule has 4 aromatic rings. The molecule has 1 aliphatic rings. The van der Waals surface area contributed by atoms with Gasteiger partial charge in [-0.1, -0.05) is 18.2 Å². The highest BCUT2D eigenvalue weighted by molar-refractivity contribution is 7.15.